The zero-order valence-electron chi connectivity index (χ0n) is 6.16. The van der Waals surface area contributed by atoms with Gasteiger partial charge in [-0.15, -0.1) is 0 Å². The number of H-pyrrole nitrogens is 1. The number of aromatic hydroxyl groups is 1. The highest BCUT2D eigenvalue weighted by molar-refractivity contribution is 5.42. The molecule has 4 nitrogen and oxygen atoms in total. The summed E-state index contributed by atoms with van der Waals surface area (Å²) in [4.78, 5) is 13.0. The van der Waals surface area contributed by atoms with Gasteiger partial charge in [-0.1, -0.05) is 11.8 Å². The number of aliphatic hydroxyl groups is 1. The first-order chi connectivity index (χ1) is 5.74. The molecule has 0 atom stereocenters. The fraction of sp³-hybridized carbons (Fsp3) is 0.125. The first kappa shape index (κ1) is 8.37. The number of hydrogen-bond acceptors (Lipinski definition) is 3. The third-order valence-corrected chi connectivity index (χ3v) is 1.20. The van der Waals surface area contributed by atoms with Crippen LogP contribution >= 0.6 is 0 Å². The molecular weight excluding hydrogens is 158 g/mol. The summed E-state index contributed by atoms with van der Waals surface area (Å²) in [5.74, 6) is 4.66. The van der Waals surface area contributed by atoms with Gasteiger partial charge >= 0.3 is 0 Å². The molecule has 0 unspecified atom stereocenters. The molecule has 0 saturated carbocycles. The molecule has 0 radical (unpaired) electrons. The molecule has 0 aliphatic heterocycles. The number of rotatable bonds is 0. The van der Waals surface area contributed by atoms with Crippen molar-refractivity contribution in [3.63, 3.8) is 0 Å². The Hall–Kier alpha value is -1.73. The average Bonchev–Trinajstić information content (AvgIpc) is 2.07. The van der Waals surface area contributed by atoms with Crippen molar-refractivity contribution in [2.75, 3.05) is 6.61 Å². The van der Waals surface area contributed by atoms with Crippen LogP contribution in [0.25, 0.3) is 0 Å². The van der Waals surface area contributed by atoms with Gasteiger partial charge in [-0.2, -0.15) is 0 Å². The van der Waals surface area contributed by atoms with Gasteiger partial charge in [-0.25, -0.2) is 0 Å². The molecule has 62 valence electrons. The summed E-state index contributed by atoms with van der Waals surface area (Å²) in [7, 11) is 0. The van der Waals surface area contributed by atoms with Crippen LogP contribution in [0.4, 0.5) is 0 Å². The van der Waals surface area contributed by atoms with Crippen LogP contribution < -0.4 is 5.56 Å². The predicted octanol–water partition coefficient (Wildman–Crippen LogP) is -0.576. The third-order valence-electron chi connectivity index (χ3n) is 1.20. The van der Waals surface area contributed by atoms with E-state index in [0.29, 0.717) is 0 Å². The number of aliphatic hydroxyl groups excluding tert-OH is 1. The lowest BCUT2D eigenvalue weighted by Gasteiger charge is -1.92. The summed E-state index contributed by atoms with van der Waals surface area (Å²) in [6.45, 7) is -0.299. The fourth-order valence-electron chi connectivity index (χ4n) is 0.699. The minimum Gasteiger partial charge on any atom is -0.505 e. The van der Waals surface area contributed by atoms with Crippen molar-refractivity contribution in [2.24, 2.45) is 0 Å². The molecule has 0 spiro atoms. The molecule has 1 aromatic heterocycles. The van der Waals surface area contributed by atoms with Crippen LogP contribution in [0.1, 0.15) is 5.56 Å². The van der Waals surface area contributed by atoms with Gasteiger partial charge in [-0.05, 0) is 0 Å². The lowest BCUT2D eigenvalue weighted by molar-refractivity contribution is 0.350. The molecule has 0 aliphatic rings. The Morgan fingerprint density at radius 2 is 2.33 bits per heavy atom. The Kier molecular flexibility index (Phi) is 2.51. The first-order valence-corrected chi connectivity index (χ1v) is 3.25. The smallest absolute Gasteiger partial charge is 0.249 e. The van der Waals surface area contributed by atoms with E-state index < -0.39 is 0 Å². The number of pyridine rings is 1. The topological polar surface area (TPSA) is 73.3 Å². The molecule has 0 saturated heterocycles. The summed E-state index contributed by atoms with van der Waals surface area (Å²) >= 11 is 0. The summed E-state index contributed by atoms with van der Waals surface area (Å²) in [5, 5.41) is 17.5. The van der Waals surface area contributed by atoms with E-state index in [1.54, 1.807) is 0 Å². The van der Waals surface area contributed by atoms with E-state index in [2.05, 4.69) is 16.8 Å². The number of aromatic amines is 1. The molecule has 0 amide bonds. The summed E-state index contributed by atoms with van der Waals surface area (Å²) in [6.07, 6.45) is 1.16. The van der Waals surface area contributed by atoms with Crippen molar-refractivity contribution in [2.45, 2.75) is 0 Å². The number of nitrogens with one attached hydrogen (secondary N) is 1. The Labute approximate surface area is 68.5 Å². The molecular formula is C8H7NO3. The van der Waals surface area contributed by atoms with Crippen molar-refractivity contribution in [3.05, 3.63) is 28.2 Å². The lowest BCUT2D eigenvalue weighted by atomic mass is 10.2. The zero-order chi connectivity index (χ0) is 8.97. The Morgan fingerprint density at radius 1 is 1.58 bits per heavy atom. The number of hydrogen-bond donors (Lipinski definition) is 3. The Morgan fingerprint density at radius 3 is 3.00 bits per heavy atom. The zero-order valence-corrected chi connectivity index (χ0v) is 6.16. The van der Waals surface area contributed by atoms with Crippen LogP contribution in [0.15, 0.2) is 17.1 Å². The van der Waals surface area contributed by atoms with Gasteiger partial charge in [0.25, 0.3) is 0 Å². The number of aromatic nitrogens is 1. The van der Waals surface area contributed by atoms with E-state index in [4.69, 9.17) is 10.2 Å². The van der Waals surface area contributed by atoms with Crippen molar-refractivity contribution < 1.29 is 10.2 Å². The van der Waals surface area contributed by atoms with Gasteiger partial charge in [-0.3, -0.25) is 4.79 Å². The fourth-order valence-corrected chi connectivity index (χ4v) is 0.699. The van der Waals surface area contributed by atoms with Crippen LogP contribution in [0.2, 0.25) is 0 Å². The molecule has 12 heavy (non-hydrogen) atoms. The standard InChI is InChI=1S/C8H7NO3/c10-3-1-2-6-4-8(12)9-5-7(6)11/h4-5,10-11H,3H2,(H,9,12). The first-order valence-electron chi connectivity index (χ1n) is 3.25. The van der Waals surface area contributed by atoms with E-state index in [1.807, 2.05) is 0 Å². The van der Waals surface area contributed by atoms with E-state index >= 15 is 0 Å². The van der Waals surface area contributed by atoms with E-state index in [9.17, 15) is 4.79 Å². The van der Waals surface area contributed by atoms with Gasteiger partial charge in [0.1, 0.15) is 12.4 Å². The summed E-state index contributed by atoms with van der Waals surface area (Å²) in [5.41, 5.74) is -0.122. The van der Waals surface area contributed by atoms with Crippen molar-refractivity contribution in [3.8, 4) is 17.6 Å². The summed E-state index contributed by atoms with van der Waals surface area (Å²) in [6, 6.07) is 1.16. The normalized spacial score (nSPS) is 8.75. The van der Waals surface area contributed by atoms with Gasteiger partial charge in [0, 0.05) is 12.3 Å². The van der Waals surface area contributed by atoms with Crippen LogP contribution in [-0.4, -0.2) is 21.8 Å². The van der Waals surface area contributed by atoms with Crippen molar-refractivity contribution in [1.82, 2.24) is 4.98 Å². The summed E-state index contributed by atoms with van der Waals surface area (Å²) < 4.78 is 0. The lowest BCUT2D eigenvalue weighted by Crippen LogP contribution is -2.02. The second-order valence-corrected chi connectivity index (χ2v) is 2.06. The van der Waals surface area contributed by atoms with Crippen molar-refractivity contribution >= 4 is 0 Å². The highest BCUT2D eigenvalue weighted by atomic mass is 16.3. The molecule has 0 aromatic carbocycles. The molecule has 3 N–H and O–H groups in total. The van der Waals surface area contributed by atoms with Gasteiger partial charge in [0.05, 0.1) is 5.56 Å². The molecule has 0 fully saturated rings. The van der Waals surface area contributed by atoms with E-state index in [-0.39, 0.29) is 23.5 Å². The average molecular weight is 165 g/mol. The van der Waals surface area contributed by atoms with Gasteiger partial charge < -0.3 is 15.2 Å². The van der Waals surface area contributed by atoms with Crippen LogP contribution in [0, 0.1) is 11.8 Å². The van der Waals surface area contributed by atoms with Crippen LogP contribution in [-0.2, 0) is 0 Å². The predicted molar refractivity (Wildman–Crippen MR) is 42.7 cm³/mol. The second-order valence-electron chi connectivity index (χ2n) is 2.06. The third kappa shape index (κ3) is 1.87. The Balaban J connectivity index is 3.14. The van der Waals surface area contributed by atoms with Crippen LogP contribution in [0.5, 0.6) is 5.75 Å². The van der Waals surface area contributed by atoms with Gasteiger partial charge in [0.15, 0.2) is 0 Å². The highest BCUT2D eigenvalue weighted by Gasteiger charge is 1.96. The molecule has 1 rings (SSSR count). The monoisotopic (exact) mass is 165 g/mol. The quantitative estimate of drug-likeness (QED) is 0.450. The largest absolute Gasteiger partial charge is 0.505 e. The molecule has 1 heterocycles. The molecule has 1 aromatic rings. The minimum absolute atomic E-state index is 0.101. The highest BCUT2D eigenvalue weighted by Crippen LogP contribution is 2.09. The Bertz CT molecular complexity index is 383. The molecule has 0 aliphatic carbocycles. The maximum absolute atomic E-state index is 10.7. The van der Waals surface area contributed by atoms with Crippen LogP contribution in [0.3, 0.4) is 0 Å². The van der Waals surface area contributed by atoms with E-state index in [1.165, 1.54) is 0 Å². The minimum atomic E-state index is -0.338. The van der Waals surface area contributed by atoms with E-state index in [0.717, 1.165) is 12.3 Å². The molecule has 0 bridgehead atoms. The SMILES string of the molecule is O=c1cc(C#CCO)c(O)c[nH]1. The maximum Gasteiger partial charge on any atom is 0.249 e. The van der Waals surface area contributed by atoms with Gasteiger partial charge in [0.2, 0.25) is 5.56 Å². The maximum atomic E-state index is 10.7. The van der Waals surface area contributed by atoms with Crippen molar-refractivity contribution in [1.29, 1.82) is 0 Å². The second kappa shape index (κ2) is 3.60. The molecule has 4 heteroatoms.